The number of aromatic nitrogens is 3. The Hall–Kier alpha value is -1.33. The molecule has 0 fully saturated rings. The van der Waals surface area contributed by atoms with Crippen LogP contribution in [0.2, 0.25) is 5.22 Å². The van der Waals surface area contributed by atoms with E-state index in [1.54, 1.807) is 12.3 Å². The standard InChI is InChI=1S/C10H13ClN4O/c11-10-3-2-9(16-10)8-12-4-1-6-15-7-5-13-14-15/h2-3,5,7,12H,1,4,6,8H2. The fourth-order valence-electron chi connectivity index (χ4n) is 1.38. The first-order valence-electron chi connectivity index (χ1n) is 5.13. The van der Waals surface area contributed by atoms with E-state index in [0.717, 1.165) is 25.3 Å². The molecule has 0 radical (unpaired) electrons. The van der Waals surface area contributed by atoms with Gasteiger partial charge in [0.1, 0.15) is 5.76 Å². The lowest BCUT2D eigenvalue weighted by Crippen LogP contribution is -2.16. The van der Waals surface area contributed by atoms with E-state index in [4.69, 9.17) is 16.0 Å². The lowest BCUT2D eigenvalue weighted by atomic mass is 10.4. The first-order chi connectivity index (χ1) is 7.84. The molecule has 86 valence electrons. The average molecular weight is 241 g/mol. The number of halogens is 1. The van der Waals surface area contributed by atoms with Crippen molar-refractivity contribution >= 4 is 11.6 Å². The van der Waals surface area contributed by atoms with Gasteiger partial charge in [-0.1, -0.05) is 5.21 Å². The summed E-state index contributed by atoms with van der Waals surface area (Å²) in [4.78, 5) is 0. The third kappa shape index (κ3) is 3.36. The van der Waals surface area contributed by atoms with Gasteiger partial charge in [0.25, 0.3) is 0 Å². The first kappa shape index (κ1) is 11.2. The third-order valence-electron chi connectivity index (χ3n) is 2.14. The summed E-state index contributed by atoms with van der Waals surface area (Å²) in [5.41, 5.74) is 0. The van der Waals surface area contributed by atoms with Crippen molar-refractivity contribution in [2.75, 3.05) is 6.54 Å². The van der Waals surface area contributed by atoms with Gasteiger partial charge in [-0.3, -0.25) is 4.68 Å². The Kier molecular flexibility index (Phi) is 3.96. The Morgan fingerprint density at radius 3 is 3.06 bits per heavy atom. The maximum atomic E-state index is 5.66. The molecule has 2 rings (SSSR count). The molecule has 0 aliphatic heterocycles. The van der Waals surface area contributed by atoms with Crippen molar-refractivity contribution in [3.63, 3.8) is 0 Å². The topological polar surface area (TPSA) is 55.9 Å². The van der Waals surface area contributed by atoms with E-state index in [1.165, 1.54) is 0 Å². The van der Waals surface area contributed by atoms with Crippen molar-refractivity contribution in [1.82, 2.24) is 20.3 Å². The number of nitrogens with zero attached hydrogens (tertiary/aromatic N) is 3. The van der Waals surface area contributed by atoms with Crippen LogP contribution >= 0.6 is 11.6 Å². The molecule has 0 saturated carbocycles. The van der Waals surface area contributed by atoms with Crippen molar-refractivity contribution in [3.8, 4) is 0 Å². The minimum absolute atomic E-state index is 0.430. The molecule has 0 aliphatic carbocycles. The van der Waals surface area contributed by atoms with Crippen molar-refractivity contribution in [2.45, 2.75) is 19.5 Å². The van der Waals surface area contributed by atoms with Gasteiger partial charge in [-0.25, -0.2) is 0 Å². The van der Waals surface area contributed by atoms with Crippen LogP contribution in [0.15, 0.2) is 28.9 Å². The number of nitrogens with one attached hydrogen (secondary N) is 1. The van der Waals surface area contributed by atoms with Crippen LogP contribution in [0.1, 0.15) is 12.2 Å². The summed E-state index contributed by atoms with van der Waals surface area (Å²) < 4.78 is 7.02. The predicted molar refractivity (Wildman–Crippen MR) is 60.1 cm³/mol. The second-order valence-corrected chi connectivity index (χ2v) is 3.77. The molecule has 6 heteroatoms. The number of hydrogen-bond donors (Lipinski definition) is 1. The van der Waals surface area contributed by atoms with E-state index in [9.17, 15) is 0 Å². The van der Waals surface area contributed by atoms with Gasteiger partial charge < -0.3 is 9.73 Å². The molecule has 2 aromatic rings. The molecule has 2 aromatic heterocycles. The molecule has 0 spiro atoms. The molecule has 0 aliphatic rings. The number of hydrogen-bond acceptors (Lipinski definition) is 4. The normalized spacial score (nSPS) is 10.8. The van der Waals surface area contributed by atoms with Gasteiger partial charge in [0.15, 0.2) is 5.22 Å². The number of furan rings is 1. The summed E-state index contributed by atoms with van der Waals surface area (Å²) in [6, 6.07) is 3.61. The van der Waals surface area contributed by atoms with Gasteiger partial charge in [0.05, 0.1) is 12.7 Å². The van der Waals surface area contributed by atoms with Gasteiger partial charge in [0, 0.05) is 12.7 Å². The molecule has 2 heterocycles. The zero-order valence-electron chi connectivity index (χ0n) is 8.77. The minimum atomic E-state index is 0.430. The zero-order valence-corrected chi connectivity index (χ0v) is 9.52. The molecule has 16 heavy (non-hydrogen) atoms. The van der Waals surface area contributed by atoms with Crippen molar-refractivity contribution in [2.24, 2.45) is 0 Å². The molecular formula is C10H13ClN4O. The molecule has 5 nitrogen and oxygen atoms in total. The van der Waals surface area contributed by atoms with E-state index >= 15 is 0 Å². The fraction of sp³-hybridized carbons (Fsp3) is 0.400. The Balaban J connectivity index is 1.59. The smallest absolute Gasteiger partial charge is 0.193 e. The van der Waals surface area contributed by atoms with Gasteiger partial charge in [-0.15, -0.1) is 5.10 Å². The summed E-state index contributed by atoms with van der Waals surface area (Å²) >= 11 is 5.66. The van der Waals surface area contributed by atoms with Crippen LogP contribution in [-0.4, -0.2) is 21.5 Å². The van der Waals surface area contributed by atoms with E-state index in [-0.39, 0.29) is 0 Å². The molecule has 0 unspecified atom stereocenters. The van der Waals surface area contributed by atoms with E-state index in [2.05, 4.69) is 15.6 Å². The second-order valence-electron chi connectivity index (χ2n) is 3.40. The summed E-state index contributed by atoms with van der Waals surface area (Å²) in [5, 5.41) is 11.3. The molecule has 0 saturated heterocycles. The van der Waals surface area contributed by atoms with Gasteiger partial charge >= 0.3 is 0 Å². The highest BCUT2D eigenvalue weighted by Crippen LogP contribution is 2.12. The third-order valence-corrected chi connectivity index (χ3v) is 2.34. The summed E-state index contributed by atoms with van der Waals surface area (Å²) in [6.07, 6.45) is 4.53. The minimum Gasteiger partial charge on any atom is -0.448 e. The van der Waals surface area contributed by atoms with Crippen LogP contribution in [0.5, 0.6) is 0 Å². The molecule has 0 bridgehead atoms. The Bertz CT molecular complexity index is 412. The van der Waals surface area contributed by atoms with Crippen LogP contribution in [0, 0.1) is 0 Å². The number of rotatable bonds is 6. The lowest BCUT2D eigenvalue weighted by Gasteiger charge is -2.02. The second kappa shape index (κ2) is 5.67. The van der Waals surface area contributed by atoms with Crippen molar-refractivity contribution in [1.29, 1.82) is 0 Å². The molecular weight excluding hydrogens is 228 g/mol. The van der Waals surface area contributed by atoms with Crippen LogP contribution < -0.4 is 5.32 Å². The van der Waals surface area contributed by atoms with Gasteiger partial charge in [-0.2, -0.15) is 0 Å². The van der Waals surface area contributed by atoms with Gasteiger partial charge in [-0.05, 0) is 36.7 Å². The summed E-state index contributed by atoms with van der Waals surface area (Å²) in [7, 11) is 0. The molecule has 1 N–H and O–H groups in total. The molecule has 0 atom stereocenters. The highest BCUT2D eigenvalue weighted by atomic mass is 35.5. The maximum Gasteiger partial charge on any atom is 0.193 e. The van der Waals surface area contributed by atoms with Crippen LogP contribution in [-0.2, 0) is 13.1 Å². The monoisotopic (exact) mass is 240 g/mol. The largest absolute Gasteiger partial charge is 0.448 e. The number of aryl methyl sites for hydroxylation is 1. The van der Waals surface area contributed by atoms with Crippen LogP contribution in [0.3, 0.4) is 0 Å². The first-order valence-corrected chi connectivity index (χ1v) is 5.51. The Morgan fingerprint density at radius 2 is 2.38 bits per heavy atom. The van der Waals surface area contributed by atoms with E-state index < -0.39 is 0 Å². The van der Waals surface area contributed by atoms with Crippen LogP contribution in [0.4, 0.5) is 0 Å². The van der Waals surface area contributed by atoms with Crippen molar-refractivity contribution < 1.29 is 4.42 Å². The van der Waals surface area contributed by atoms with Crippen molar-refractivity contribution in [3.05, 3.63) is 35.5 Å². The molecule has 0 aromatic carbocycles. The zero-order chi connectivity index (χ0) is 11.2. The van der Waals surface area contributed by atoms with E-state index in [1.807, 2.05) is 16.9 Å². The SMILES string of the molecule is Clc1ccc(CNCCCn2ccnn2)o1. The maximum absolute atomic E-state index is 5.66. The Morgan fingerprint density at radius 1 is 1.44 bits per heavy atom. The highest BCUT2D eigenvalue weighted by molar-refractivity contribution is 6.28. The average Bonchev–Trinajstić information content (AvgIpc) is 2.89. The quantitative estimate of drug-likeness (QED) is 0.781. The fourth-order valence-corrected chi connectivity index (χ4v) is 1.54. The molecule has 0 amide bonds. The van der Waals surface area contributed by atoms with Crippen LogP contribution in [0.25, 0.3) is 0 Å². The Labute approximate surface area is 98.4 Å². The van der Waals surface area contributed by atoms with Gasteiger partial charge in [0.2, 0.25) is 0 Å². The summed E-state index contributed by atoms with van der Waals surface area (Å²) in [6.45, 7) is 2.47. The predicted octanol–water partition coefficient (Wildman–Crippen LogP) is 1.70. The summed E-state index contributed by atoms with van der Waals surface area (Å²) in [5.74, 6) is 0.853. The highest BCUT2D eigenvalue weighted by Gasteiger charge is 1.98. The lowest BCUT2D eigenvalue weighted by molar-refractivity contribution is 0.471. The van der Waals surface area contributed by atoms with E-state index in [0.29, 0.717) is 11.8 Å².